The average molecular weight is 251 g/mol. The van der Waals surface area contributed by atoms with Crippen LogP contribution in [0.2, 0.25) is 0 Å². The van der Waals surface area contributed by atoms with Crippen molar-refractivity contribution in [2.24, 2.45) is 0 Å². The van der Waals surface area contributed by atoms with Gasteiger partial charge in [0.2, 0.25) is 5.88 Å². The first-order valence-corrected chi connectivity index (χ1v) is 4.84. The van der Waals surface area contributed by atoms with E-state index >= 15 is 0 Å². The van der Waals surface area contributed by atoms with Crippen LogP contribution in [0.1, 0.15) is 0 Å². The van der Waals surface area contributed by atoms with E-state index in [1.807, 2.05) is 24.3 Å². The number of hydrogen-bond donors (Lipinski definition) is 0. The van der Waals surface area contributed by atoms with Crippen LogP contribution in [-0.4, -0.2) is 9.97 Å². The number of aromatic nitrogens is 2. The molecule has 0 aliphatic carbocycles. The highest BCUT2D eigenvalue weighted by molar-refractivity contribution is 9.10. The van der Waals surface area contributed by atoms with Crippen molar-refractivity contribution in [3.8, 4) is 11.6 Å². The number of hydrogen-bond acceptors (Lipinski definition) is 3. The van der Waals surface area contributed by atoms with E-state index in [-0.39, 0.29) is 0 Å². The molecule has 3 nitrogen and oxygen atoms in total. The quantitative estimate of drug-likeness (QED) is 0.822. The minimum Gasteiger partial charge on any atom is -0.438 e. The normalized spacial score (nSPS) is 9.79. The van der Waals surface area contributed by atoms with E-state index in [2.05, 4.69) is 25.9 Å². The maximum atomic E-state index is 5.51. The third-order valence-corrected chi connectivity index (χ3v) is 2.26. The van der Waals surface area contributed by atoms with Gasteiger partial charge in [-0.05, 0) is 28.1 Å². The number of rotatable bonds is 2. The molecule has 14 heavy (non-hydrogen) atoms. The molecule has 70 valence electrons. The third kappa shape index (κ3) is 2.09. The lowest BCUT2D eigenvalue weighted by molar-refractivity contribution is 0.458. The van der Waals surface area contributed by atoms with Crippen LogP contribution >= 0.6 is 15.9 Å². The van der Waals surface area contributed by atoms with Crippen molar-refractivity contribution in [1.82, 2.24) is 9.97 Å². The molecule has 0 N–H and O–H groups in total. The first-order chi connectivity index (χ1) is 6.86. The van der Waals surface area contributed by atoms with E-state index in [1.54, 1.807) is 12.3 Å². The SMILES string of the molecule is Brc1ccccc1Oc1ccncn1. The highest BCUT2D eigenvalue weighted by Gasteiger charge is 2.00. The monoisotopic (exact) mass is 250 g/mol. The van der Waals surface area contributed by atoms with Gasteiger partial charge in [0.25, 0.3) is 0 Å². The van der Waals surface area contributed by atoms with E-state index in [9.17, 15) is 0 Å². The maximum absolute atomic E-state index is 5.51. The maximum Gasteiger partial charge on any atom is 0.222 e. The molecule has 2 aromatic rings. The van der Waals surface area contributed by atoms with Gasteiger partial charge in [-0.15, -0.1) is 0 Å². The van der Waals surface area contributed by atoms with Gasteiger partial charge in [0, 0.05) is 12.3 Å². The molecule has 0 fully saturated rings. The summed E-state index contributed by atoms with van der Waals surface area (Å²) in [5.74, 6) is 1.28. The van der Waals surface area contributed by atoms with Crippen molar-refractivity contribution in [3.05, 3.63) is 47.3 Å². The van der Waals surface area contributed by atoms with Crippen LogP contribution in [0.3, 0.4) is 0 Å². The Morgan fingerprint density at radius 3 is 2.71 bits per heavy atom. The van der Waals surface area contributed by atoms with Gasteiger partial charge in [0.15, 0.2) is 0 Å². The van der Waals surface area contributed by atoms with Crippen molar-refractivity contribution >= 4 is 15.9 Å². The summed E-state index contributed by atoms with van der Waals surface area (Å²) in [5.41, 5.74) is 0. The summed E-state index contributed by atoms with van der Waals surface area (Å²) >= 11 is 3.39. The van der Waals surface area contributed by atoms with Crippen molar-refractivity contribution in [2.75, 3.05) is 0 Å². The highest BCUT2D eigenvalue weighted by Crippen LogP contribution is 2.27. The second-order valence-corrected chi connectivity index (χ2v) is 3.43. The Bertz CT molecular complexity index is 419. The Morgan fingerprint density at radius 1 is 1.14 bits per heavy atom. The molecule has 4 heteroatoms. The lowest BCUT2D eigenvalue weighted by Crippen LogP contribution is -1.88. The Morgan fingerprint density at radius 2 is 2.00 bits per heavy atom. The molecule has 0 saturated carbocycles. The molecule has 2 rings (SSSR count). The number of nitrogens with zero attached hydrogens (tertiary/aromatic N) is 2. The van der Waals surface area contributed by atoms with Crippen LogP contribution in [0, 0.1) is 0 Å². The minimum absolute atomic E-state index is 0.534. The molecular formula is C10H7BrN2O. The first-order valence-electron chi connectivity index (χ1n) is 4.04. The lowest BCUT2D eigenvalue weighted by atomic mass is 10.3. The minimum atomic E-state index is 0.534. The third-order valence-electron chi connectivity index (χ3n) is 1.61. The van der Waals surface area contributed by atoms with Crippen LogP contribution in [0.15, 0.2) is 47.3 Å². The summed E-state index contributed by atoms with van der Waals surface area (Å²) in [5, 5.41) is 0. The van der Waals surface area contributed by atoms with Crippen LogP contribution in [0.4, 0.5) is 0 Å². The van der Waals surface area contributed by atoms with Crippen LogP contribution < -0.4 is 4.74 Å². The molecule has 1 aromatic carbocycles. The highest BCUT2D eigenvalue weighted by atomic mass is 79.9. The largest absolute Gasteiger partial charge is 0.438 e. The first kappa shape index (κ1) is 9.15. The zero-order valence-electron chi connectivity index (χ0n) is 7.22. The van der Waals surface area contributed by atoms with E-state index in [0.717, 1.165) is 10.2 Å². The topological polar surface area (TPSA) is 35.0 Å². The van der Waals surface area contributed by atoms with Crippen molar-refractivity contribution in [2.45, 2.75) is 0 Å². The Kier molecular flexibility index (Phi) is 2.74. The molecule has 0 unspecified atom stereocenters. The molecule has 0 atom stereocenters. The van der Waals surface area contributed by atoms with Crippen LogP contribution in [-0.2, 0) is 0 Å². The number of ether oxygens (including phenoxy) is 1. The standard InChI is InChI=1S/C10H7BrN2O/c11-8-3-1-2-4-9(8)14-10-5-6-12-7-13-10/h1-7H. The molecule has 0 aliphatic heterocycles. The fourth-order valence-corrected chi connectivity index (χ4v) is 1.34. The lowest BCUT2D eigenvalue weighted by Gasteiger charge is -2.04. The summed E-state index contributed by atoms with van der Waals surface area (Å²) in [6.07, 6.45) is 3.09. The molecule has 0 aliphatic rings. The molecule has 1 aromatic heterocycles. The van der Waals surface area contributed by atoms with E-state index in [1.165, 1.54) is 6.33 Å². The van der Waals surface area contributed by atoms with Crippen LogP contribution in [0.5, 0.6) is 11.6 Å². The Balaban J connectivity index is 2.24. The second-order valence-electron chi connectivity index (χ2n) is 2.58. The van der Waals surface area contributed by atoms with Gasteiger partial charge in [0.05, 0.1) is 4.47 Å². The molecule has 0 bridgehead atoms. The molecule has 0 spiro atoms. The van der Waals surface area contributed by atoms with E-state index in [4.69, 9.17) is 4.74 Å². The summed E-state index contributed by atoms with van der Waals surface area (Å²) < 4.78 is 6.41. The van der Waals surface area contributed by atoms with Gasteiger partial charge < -0.3 is 4.74 Å². The van der Waals surface area contributed by atoms with E-state index in [0.29, 0.717) is 5.88 Å². The van der Waals surface area contributed by atoms with Crippen molar-refractivity contribution < 1.29 is 4.74 Å². The Hall–Kier alpha value is -1.42. The molecule has 0 radical (unpaired) electrons. The smallest absolute Gasteiger partial charge is 0.222 e. The predicted molar refractivity (Wildman–Crippen MR) is 56.2 cm³/mol. The fraction of sp³-hybridized carbons (Fsp3) is 0. The van der Waals surface area contributed by atoms with Gasteiger partial charge in [-0.2, -0.15) is 0 Å². The van der Waals surface area contributed by atoms with Gasteiger partial charge in [-0.3, -0.25) is 0 Å². The average Bonchev–Trinajstić information content (AvgIpc) is 2.23. The second kappa shape index (κ2) is 4.19. The van der Waals surface area contributed by atoms with Crippen molar-refractivity contribution in [1.29, 1.82) is 0 Å². The van der Waals surface area contributed by atoms with Gasteiger partial charge in [-0.1, -0.05) is 12.1 Å². The number of benzene rings is 1. The number of para-hydroxylation sites is 1. The summed E-state index contributed by atoms with van der Waals surface area (Å²) in [6.45, 7) is 0. The van der Waals surface area contributed by atoms with E-state index < -0.39 is 0 Å². The van der Waals surface area contributed by atoms with Crippen molar-refractivity contribution in [3.63, 3.8) is 0 Å². The Labute approximate surface area is 89.9 Å². The van der Waals surface area contributed by atoms with Crippen LogP contribution in [0.25, 0.3) is 0 Å². The fourth-order valence-electron chi connectivity index (χ4n) is 0.979. The predicted octanol–water partition coefficient (Wildman–Crippen LogP) is 3.03. The summed E-state index contributed by atoms with van der Waals surface area (Å²) in [4.78, 5) is 7.77. The van der Waals surface area contributed by atoms with Gasteiger partial charge >= 0.3 is 0 Å². The molecule has 0 amide bonds. The van der Waals surface area contributed by atoms with Gasteiger partial charge in [-0.25, -0.2) is 9.97 Å². The molecular weight excluding hydrogens is 244 g/mol. The number of halogens is 1. The summed E-state index contributed by atoms with van der Waals surface area (Å²) in [6, 6.07) is 9.32. The summed E-state index contributed by atoms with van der Waals surface area (Å²) in [7, 11) is 0. The molecule has 1 heterocycles. The zero-order valence-corrected chi connectivity index (χ0v) is 8.81. The molecule has 0 saturated heterocycles. The van der Waals surface area contributed by atoms with Gasteiger partial charge in [0.1, 0.15) is 12.1 Å². The zero-order chi connectivity index (χ0) is 9.80.